The molecule has 152 valence electrons. The van der Waals surface area contributed by atoms with Gasteiger partial charge in [-0.3, -0.25) is 4.72 Å². The Morgan fingerprint density at radius 3 is 2.75 bits per heavy atom. The molecule has 2 atom stereocenters. The molecule has 0 saturated carbocycles. The maximum absolute atomic E-state index is 13.0. The lowest BCUT2D eigenvalue weighted by Gasteiger charge is -2.30. The maximum atomic E-state index is 13.0. The minimum atomic E-state index is -3.62. The predicted octanol–water partition coefficient (Wildman–Crippen LogP) is 3.06. The van der Waals surface area contributed by atoms with Gasteiger partial charge in [-0.05, 0) is 51.9 Å². The van der Waals surface area contributed by atoms with Crippen LogP contribution in [0.3, 0.4) is 0 Å². The molecule has 3 N–H and O–H groups in total. The van der Waals surface area contributed by atoms with Crippen molar-refractivity contribution in [2.45, 2.75) is 25.2 Å². The van der Waals surface area contributed by atoms with E-state index in [1.807, 2.05) is 0 Å². The zero-order valence-electron chi connectivity index (χ0n) is 15.4. The number of nitrogens with two attached hydrogens (primary N) is 1. The van der Waals surface area contributed by atoms with Crippen LogP contribution in [-0.4, -0.2) is 26.0 Å². The molecule has 0 bridgehead atoms. The third-order valence-corrected chi connectivity index (χ3v) is 5.45. The summed E-state index contributed by atoms with van der Waals surface area (Å²) in [6.45, 7) is 6.71. The Balaban J connectivity index is 2.48. The molecule has 1 aromatic rings. The van der Waals surface area contributed by atoms with Crippen molar-refractivity contribution in [3.05, 3.63) is 66.0 Å². The van der Waals surface area contributed by atoms with E-state index in [4.69, 9.17) is 5.73 Å². The molecule has 1 aliphatic heterocycles. The van der Waals surface area contributed by atoms with Gasteiger partial charge in [0.25, 0.3) is 0 Å². The topological polar surface area (TPSA) is 93.8 Å². The van der Waals surface area contributed by atoms with E-state index in [-0.39, 0.29) is 17.5 Å². The smallest absolute Gasteiger partial charge is 0.408 e. The van der Waals surface area contributed by atoms with Crippen molar-refractivity contribution in [2.75, 3.05) is 5.75 Å². The standard InChI is InChI=1S/C18H22F2N3O3PS/c1-4-6-13(9-12(2)26-18(19,20)27)14-7-5-8-15(10-14)17(3)11-28(24,25)23-16(21)22-17/h4-10H,1,11,27H2,2-3H3,(H3,21,22,23)/b12-9+,13-6+/t17-/m0/s1. The average molecular weight is 429 g/mol. The van der Waals surface area contributed by atoms with E-state index in [0.29, 0.717) is 16.7 Å². The number of aliphatic imine (C=N–C) groups is 1. The third-order valence-electron chi connectivity index (χ3n) is 3.87. The molecular formula is C18H22F2N3O3PS. The van der Waals surface area contributed by atoms with Gasteiger partial charge in [-0.15, -0.1) is 0 Å². The van der Waals surface area contributed by atoms with E-state index in [2.05, 4.69) is 21.0 Å². The van der Waals surface area contributed by atoms with Gasteiger partial charge in [0, 0.05) is 0 Å². The number of nitrogens with zero attached hydrogens (tertiary/aromatic N) is 1. The zero-order valence-corrected chi connectivity index (χ0v) is 17.4. The first-order valence-corrected chi connectivity index (χ1v) is 10.4. The summed E-state index contributed by atoms with van der Waals surface area (Å²) in [6, 6.07) is 6.95. The number of benzene rings is 1. The molecule has 0 fully saturated rings. The highest BCUT2D eigenvalue weighted by molar-refractivity contribution is 7.90. The number of ether oxygens (including phenoxy) is 1. The number of halogens is 2. The van der Waals surface area contributed by atoms with Gasteiger partial charge in [0.15, 0.2) is 0 Å². The van der Waals surface area contributed by atoms with E-state index >= 15 is 0 Å². The predicted molar refractivity (Wildman–Crippen MR) is 110 cm³/mol. The van der Waals surface area contributed by atoms with Crippen molar-refractivity contribution >= 4 is 30.8 Å². The monoisotopic (exact) mass is 429 g/mol. The first-order chi connectivity index (χ1) is 12.8. The van der Waals surface area contributed by atoms with Gasteiger partial charge in [0.2, 0.25) is 16.0 Å². The molecule has 0 saturated heterocycles. The number of hydrogen-bond donors (Lipinski definition) is 2. The summed E-state index contributed by atoms with van der Waals surface area (Å²) in [5.41, 5.74) is 6.35. The van der Waals surface area contributed by atoms with Crippen LogP contribution in [0.1, 0.15) is 25.0 Å². The fourth-order valence-corrected chi connectivity index (χ4v) is 4.48. The highest BCUT2D eigenvalue weighted by Crippen LogP contribution is 2.32. The molecular weight excluding hydrogens is 407 g/mol. The number of allylic oxidation sites excluding steroid dienone is 5. The number of rotatable bonds is 6. The average Bonchev–Trinajstić information content (AvgIpc) is 2.50. The van der Waals surface area contributed by atoms with Gasteiger partial charge >= 0.3 is 5.85 Å². The highest BCUT2D eigenvalue weighted by atomic mass is 32.2. The molecule has 1 aromatic carbocycles. The Kier molecular flexibility index (Phi) is 6.31. The highest BCUT2D eigenvalue weighted by Gasteiger charge is 2.37. The quantitative estimate of drug-likeness (QED) is 0.413. The van der Waals surface area contributed by atoms with Crippen molar-refractivity contribution in [1.82, 2.24) is 4.72 Å². The number of hydrogen-bond acceptors (Lipinski definition) is 5. The van der Waals surface area contributed by atoms with E-state index in [0.717, 1.165) is 0 Å². The molecule has 0 amide bonds. The summed E-state index contributed by atoms with van der Waals surface area (Å²) >= 11 is 0. The van der Waals surface area contributed by atoms with E-state index in [9.17, 15) is 17.2 Å². The first-order valence-electron chi connectivity index (χ1n) is 8.17. The van der Waals surface area contributed by atoms with Gasteiger partial charge in [0.05, 0.1) is 5.75 Å². The normalized spacial score (nSPS) is 22.8. The molecule has 2 rings (SSSR count). The fourth-order valence-electron chi connectivity index (χ4n) is 2.89. The summed E-state index contributed by atoms with van der Waals surface area (Å²) in [5.74, 6) is -3.85. The van der Waals surface area contributed by atoms with E-state index in [1.165, 1.54) is 28.3 Å². The summed E-state index contributed by atoms with van der Waals surface area (Å²) < 4.78 is 56.9. The second-order valence-electron chi connectivity index (χ2n) is 6.49. The fraction of sp³-hybridized carbons (Fsp3) is 0.278. The summed E-state index contributed by atoms with van der Waals surface area (Å²) in [7, 11) is -2.32. The SMILES string of the molecule is C=C/C=C(\C=C(/C)OC(F)(F)P)c1cccc([C@]2(C)CS(=O)(=O)NC(N)=N2)c1. The molecule has 0 aromatic heterocycles. The van der Waals surface area contributed by atoms with Crippen molar-refractivity contribution in [3.63, 3.8) is 0 Å². The second-order valence-corrected chi connectivity index (χ2v) is 8.88. The summed E-state index contributed by atoms with van der Waals surface area (Å²) in [4.78, 5) is 4.26. The van der Waals surface area contributed by atoms with E-state index < -0.39 is 21.4 Å². The molecule has 1 unspecified atom stereocenters. The van der Waals surface area contributed by atoms with Gasteiger partial charge in [0.1, 0.15) is 11.3 Å². The van der Waals surface area contributed by atoms with Crippen LogP contribution in [0.15, 0.2) is 59.8 Å². The van der Waals surface area contributed by atoms with Gasteiger partial charge in [-0.1, -0.05) is 36.9 Å². The molecule has 0 aliphatic carbocycles. The lowest BCUT2D eigenvalue weighted by molar-refractivity contribution is -0.132. The minimum Gasteiger partial charge on any atom is -0.435 e. The van der Waals surface area contributed by atoms with Gasteiger partial charge < -0.3 is 10.5 Å². The molecule has 0 radical (unpaired) electrons. The number of alkyl halides is 2. The zero-order chi connectivity index (χ0) is 21.2. The molecule has 10 heteroatoms. The second kappa shape index (κ2) is 8.01. The van der Waals surface area contributed by atoms with Crippen LogP contribution in [-0.2, 0) is 20.3 Å². The van der Waals surface area contributed by atoms with Crippen molar-refractivity contribution < 1.29 is 21.9 Å². The van der Waals surface area contributed by atoms with Crippen LogP contribution in [0.5, 0.6) is 0 Å². The van der Waals surface area contributed by atoms with E-state index in [1.54, 1.807) is 37.3 Å². The molecule has 1 heterocycles. The Morgan fingerprint density at radius 1 is 1.50 bits per heavy atom. The Bertz CT molecular complexity index is 969. The van der Waals surface area contributed by atoms with Crippen LogP contribution >= 0.6 is 9.24 Å². The summed E-state index contributed by atoms with van der Waals surface area (Å²) in [5, 5.41) is 0. The number of guanidine groups is 1. The Hall–Kier alpha value is -2.25. The molecule has 1 aliphatic rings. The van der Waals surface area contributed by atoms with Crippen LogP contribution in [0, 0.1) is 0 Å². The Labute approximate surface area is 165 Å². The molecule has 28 heavy (non-hydrogen) atoms. The van der Waals surface area contributed by atoms with Crippen LogP contribution < -0.4 is 10.5 Å². The lowest BCUT2D eigenvalue weighted by Crippen LogP contribution is -2.49. The van der Waals surface area contributed by atoms with Crippen molar-refractivity contribution in [3.8, 4) is 0 Å². The minimum absolute atomic E-state index is 0.00331. The van der Waals surface area contributed by atoms with Crippen molar-refractivity contribution in [2.24, 2.45) is 10.7 Å². The largest absolute Gasteiger partial charge is 0.435 e. The lowest BCUT2D eigenvalue weighted by atomic mass is 9.91. The maximum Gasteiger partial charge on any atom is 0.408 e. The van der Waals surface area contributed by atoms with Crippen molar-refractivity contribution in [1.29, 1.82) is 0 Å². The number of nitrogens with one attached hydrogen (secondary N) is 1. The number of sulfonamides is 1. The Morgan fingerprint density at radius 2 is 2.18 bits per heavy atom. The third kappa shape index (κ3) is 5.87. The van der Waals surface area contributed by atoms with Crippen LogP contribution in [0.25, 0.3) is 5.57 Å². The molecule has 0 spiro atoms. The molecule has 6 nitrogen and oxygen atoms in total. The van der Waals surface area contributed by atoms with Crippen LogP contribution in [0.2, 0.25) is 0 Å². The summed E-state index contributed by atoms with van der Waals surface area (Å²) in [6.07, 6.45) is 4.58. The first kappa shape index (κ1) is 22.0. The van der Waals surface area contributed by atoms with Gasteiger partial charge in [-0.25, -0.2) is 13.4 Å². The van der Waals surface area contributed by atoms with Crippen LogP contribution in [0.4, 0.5) is 8.78 Å². The van der Waals surface area contributed by atoms with Gasteiger partial charge in [-0.2, -0.15) is 8.78 Å².